The van der Waals surface area contributed by atoms with Crippen molar-refractivity contribution in [2.75, 3.05) is 6.61 Å². The highest BCUT2D eigenvalue weighted by Gasteiger charge is 2.33. The first kappa shape index (κ1) is 8.61. The number of imide groups is 1. The van der Waals surface area contributed by atoms with E-state index in [1.165, 1.54) is 0 Å². The van der Waals surface area contributed by atoms with E-state index in [2.05, 4.69) is 5.32 Å². The summed E-state index contributed by atoms with van der Waals surface area (Å²) in [6.45, 7) is 0.726. The predicted molar refractivity (Wildman–Crippen MR) is 51.5 cm³/mol. The molecule has 0 spiro atoms. The van der Waals surface area contributed by atoms with Gasteiger partial charge in [-0.25, -0.2) is 0 Å². The second kappa shape index (κ2) is 2.90. The molecule has 1 N–H and O–H groups in total. The van der Waals surface area contributed by atoms with Crippen LogP contribution in [-0.4, -0.2) is 18.4 Å². The topological polar surface area (TPSA) is 55.4 Å². The molecular formula is C11H9NO3. The highest BCUT2D eigenvalue weighted by atomic mass is 16.5. The van der Waals surface area contributed by atoms with Crippen LogP contribution in [0.3, 0.4) is 0 Å². The maximum absolute atomic E-state index is 11.6. The molecule has 2 aliphatic rings. The van der Waals surface area contributed by atoms with Gasteiger partial charge in [-0.3, -0.25) is 14.9 Å². The van der Waals surface area contributed by atoms with Crippen molar-refractivity contribution >= 4 is 11.8 Å². The molecule has 0 aliphatic carbocycles. The van der Waals surface area contributed by atoms with Gasteiger partial charge in [0.05, 0.1) is 23.8 Å². The average molecular weight is 203 g/mol. The molecule has 0 bridgehead atoms. The Morgan fingerprint density at radius 3 is 2.73 bits per heavy atom. The predicted octanol–water partition coefficient (Wildman–Crippen LogP) is 1.03. The van der Waals surface area contributed by atoms with Gasteiger partial charge in [0.15, 0.2) is 0 Å². The van der Waals surface area contributed by atoms with Gasteiger partial charge in [0.2, 0.25) is 0 Å². The van der Waals surface area contributed by atoms with Crippen LogP contribution in [-0.2, 0) is 4.74 Å². The van der Waals surface area contributed by atoms with Crippen LogP contribution >= 0.6 is 0 Å². The molecule has 0 saturated carbocycles. The summed E-state index contributed by atoms with van der Waals surface area (Å²) in [6.07, 6.45) is 0.898. The molecular weight excluding hydrogens is 194 g/mol. The second-order valence-corrected chi connectivity index (χ2v) is 3.70. The fourth-order valence-electron chi connectivity index (χ4n) is 2.00. The van der Waals surface area contributed by atoms with Crippen molar-refractivity contribution in [3.05, 3.63) is 34.9 Å². The Balaban J connectivity index is 2.16. The Labute approximate surface area is 86.2 Å². The van der Waals surface area contributed by atoms with Crippen LogP contribution in [0.1, 0.15) is 38.8 Å². The van der Waals surface area contributed by atoms with Crippen LogP contribution in [0.4, 0.5) is 0 Å². The summed E-state index contributed by atoms with van der Waals surface area (Å²) in [7, 11) is 0. The molecule has 1 saturated heterocycles. The van der Waals surface area contributed by atoms with Gasteiger partial charge in [-0.2, -0.15) is 0 Å². The summed E-state index contributed by atoms with van der Waals surface area (Å²) in [4.78, 5) is 22.9. The molecule has 0 aromatic heterocycles. The van der Waals surface area contributed by atoms with Crippen LogP contribution in [0.25, 0.3) is 0 Å². The van der Waals surface area contributed by atoms with Crippen molar-refractivity contribution in [2.45, 2.75) is 12.5 Å². The van der Waals surface area contributed by atoms with Crippen LogP contribution in [0.15, 0.2) is 18.2 Å². The van der Waals surface area contributed by atoms with E-state index in [9.17, 15) is 9.59 Å². The number of hydrogen-bond donors (Lipinski definition) is 1. The molecule has 76 valence electrons. The van der Waals surface area contributed by atoms with Crippen LogP contribution in [0.2, 0.25) is 0 Å². The average Bonchev–Trinajstić information content (AvgIpc) is 2.41. The molecule has 4 heteroatoms. The van der Waals surface area contributed by atoms with Gasteiger partial charge in [0.1, 0.15) is 0 Å². The van der Waals surface area contributed by atoms with E-state index in [0.29, 0.717) is 11.1 Å². The summed E-state index contributed by atoms with van der Waals surface area (Å²) in [5.74, 6) is -0.614. The molecule has 1 fully saturated rings. The van der Waals surface area contributed by atoms with E-state index in [1.807, 2.05) is 6.07 Å². The molecule has 0 radical (unpaired) electrons. The van der Waals surface area contributed by atoms with E-state index in [4.69, 9.17) is 4.74 Å². The number of fused-ring (bicyclic) bond motifs is 1. The monoisotopic (exact) mass is 203 g/mol. The summed E-state index contributed by atoms with van der Waals surface area (Å²) in [5.41, 5.74) is 1.79. The molecule has 2 aliphatic heterocycles. The Bertz CT molecular complexity index is 463. The molecule has 1 unspecified atom stereocenters. The lowest BCUT2D eigenvalue weighted by Crippen LogP contribution is -2.23. The van der Waals surface area contributed by atoms with Crippen LogP contribution in [0.5, 0.6) is 0 Å². The molecule has 1 aromatic carbocycles. The number of benzene rings is 1. The van der Waals surface area contributed by atoms with E-state index in [-0.39, 0.29) is 17.9 Å². The maximum Gasteiger partial charge on any atom is 0.259 e. The van der Waals surface area contributed by atoms with E-state index in [1.54, 1.807) is 12.1 Å². The summed E-state index contributed by atoms with van der Waals surface area (Å²) >= 11 is 0. The zero-order chi connectivity index (χ0) is 10.4. The van der Waals surface area contributed by atoms with Crippen LogP contribution in [0, 0.1) is 0 Å². The number of carbonyl (C=O) groups excluding carboxylic acids is 2. The Hall–Kier alpha value is -1.68. The largest absolute Gasteiger partial charge is 0.373 e. The number of nitrogens with one attached hydrogen (secondary N) is 1. The van der Waals surface area contributed by atoms with E-state index < -0.39 is 0 Å². The molecule has 3 rings (SSSR count). The van der Waals surface area contributed by atoms with Crippen LogP contribution < -0.4 is 5.32 Å². The quantitative estimate of drug-likeness (QED) is 0.693. The maximum atomic E-state index is 11.6. The van der Waals surface area contributed by atoms with E-state index in [0.717, 1.165) is 18.6 Å². The lowest BCUT2D eigenvalue weighted by molar-refractivity contribution is -0.0530. The van der Waals surface area contributed by atoms with Gasteiger partial charge in [-0.15, -0.1) is 0 Å². The molecule has 1 aromatic rings. The first-order chi connectivity index (χ1) is 7.27. The van der Waals surface area contributed by atoms with Crippen molar-refractivity contribution < 1.29 is 14.3 Å². The second-order valence-electron chi connectivity index (χ2n) is 3.70. The van der Waals surface area contributed by atoms with Crippen molar-refractivity contribution in [3.63, 3.8) is 0 Å². The SMILES string of the molecule is O=C1NC(=O)c2c1cccc2C1CCO1. The Morgan fingerprint density at radius 1 is 1.27 bits per heavy atom. The molecule has 4 nitrogen and oxygen atoms in total. The standard InChI is InChI=1S/C11H9NO3/c13-10-7-3-1-2-6(8-4-5-15-8)9(7)11(14)12-10/h1-3,8H,4-5H2,(H,12,13,14). The summed E-state index contributed by atoms with van der Waals surface area (Å²) < 4.78 is 5.33. The van der Waals surface area contributed by atoms with Gasteiger partial charge in [-0.1, -0.05) is 12.1 Å². The third kappa shape index (κ3) is 1.11. The number of carbonyl (C=O) groups is 2. The third-order valence-electron chi connectivity index (χ3n) is 2.84. The Kier molecular flexibility index (Phi) is 1.67. The lowest BCUT2D eigenvalue weighted by Gasteiger charge is -2.27. The van der Waals surface area contributed by atoms with Crippen molar-refractivity contribution in [3.8, 4) is 0 Å². The van der Waals surface area contributed by atoms with Gasteiger partial charge in [-0.05, 0) is 11.6 Å². The van der Waals surface area contributed by atoms with Gasteiger partial charge in [0, 0.05) is 6.42 Å². The minimum Gasteiger partial charge on any atom is -0.373 e. The fourth-order valence-corrected chi connectivity index (χ4v) is 2.00. The first-order valence-corrected chi connectivity index (χ1v) is 4.87. The van der Waals surface area contributed by atoms with Crippen molar-refractivity contribution in [1.82, 2.24) is 5.32 Å². The summed E-state index contributed by atoms with van der Waals surface area (Å²) in [5, 5.41) is 2.29. The van der Waals surface area contributed by atoms with Gasteiger partial charge in [0.25, 0.3) is 11.8 Å². The zero-order valence-electron chi connectivity index (χ0n) is 7.95. The number of hydrogen-bond acceptors (Lipinski definition) is 3. The molecule has 1 atom stereocenters. The third-order valence-corrected chi connectivity index (χ3v) is 2.84. The lowest BCUT2D eigenvalue weighted by atomic mass is 9.95. The summed E-state index contributed by atoms with van der Waals surface area (Å²) in [6, 6.07) is 5.30. The first-order valence-electron chi connectivity index (χ1n) is 4.87. The van der Waals surface area contributed by atoms with Crippen molar-refractivity contribution in [2.24, 2.45) is 0 Å². The van der Waals surface area contributed by atoms with Gasteiger partial charge >= 0.3 is 0 Å². The number of ether oxygens (including phenoxy) is 1. The molecule has 2 amide bonds. The highest BCUT2D eigenvalue weighted by Crippen LogP contribution is 2.34. The molecule has 2 heterocycles. The number of amides is 2. The Morgan fingerprint density at radius 2 is 2.07 bits per heavy atom. The highest BCUT2D eigenvalue weighted by molar-refractivity contribution is 6.22. The van der Waals surface area contributed by atoms with E-state index >= 15 is 0 Å². The fraction of sp³-hybridized carbons (Fsp3) is 0.273. The zero-order valence-corrected chi connectivity index (χ0v) is 7.95. The molecule has 15 heavy (non-hydrogen) atoms. The smallest absolute Gasteiger partial charge is 0.259 e. The minimum atomic E-state index is -0.309. The minimum absolute atomic E-state index is 0.0170. The van der Waals surface area contributed by atoms with Gasteiger partial charge < -0.3 is 4.74 Å². The normalized spacial score (nSPS) is 23.3. The number of rotatable bonds is 1. The van der Waals surface area contributed by atoms with Crippen molar-refractivity contribution in [1.29, 1.82) is 0 Å².